The largest absolute Gasteiger partial charge is 0.321 e. The minimum atomic E-state index is -0.265. The quantitative estimate of drug-likeness (QED) is 0.903. The van der Waals surface area contributed by atoms with Gasteiger partial charge in [-0.1, -0.05) is 29.3 Å². The van der Waals surface area contributed by atoms with E-state index in [2.05, 4.69) is 5.32 Å². The van der Waals surface area contributed by atoms with Gasteiger partial charge < -0.3 is 5.32 Å². The van der Waals surface area contributed by atoms with E-state index >= 15 is 0 Å². The van der Waals surface area contributed by atoms with Gasteiger partial charge in [-0.3, -0.25) is 4.79 Å². The Morgan fingerprint density at radius 2 is 1.89 bits per heavy atom. The lowest BCUT2D eigenvalue weighted by atomic mass is 10.1. The minimum absolute atomic E-state index is 0.265. The molecule has 0 unspecified atom stereocenters. The van der Waals surface area contributed by atoms with Gasteiger partial charge in [-0.25, -0.2) is 0 Å². The van der Waals surface area contributed by atoms with Crippen LogP contribution < -0.4 is 5.32 Å². The highest BCUT2D eigenvalue weighted by molar-refractivity contribution is 6.31. The molecule has 1 N–H and O–H groups in total. The molecule has 0 aromatic heterocycles. The number of nitrogens with one attached hydrogen (secondary N) is 1. The monoisotopic (exact) mass is 270 g/mol. The molecule has 0 radical (unpaired) electrons. The van der Waals surface area contributed by atoms with Crippen LogP contribution in [0.2, 0.25) is 5.02 Å². The number of hydrogen-bond donors (Lipinski definition) is 1. The van der Waals surface area contributed by atoms with Gasteiger partial charge in [-0.2, -0.15) is 5.26 Å². The SMILES string of the molecule is Cc1ccc(C(=O)Nc2cc(Cl)ccc2C#N)cc1. The van der Waals surface area contributed by atoms with Crippen LogP contribution in [-0.2, 0) is 0 Å². The van der Waals surface area contributed by atoms with Crippen molar-refractivity contribution in [3.05, 3.63) is 64.2 Å². The molecule has 2 aromatic rings. The number of amides is 1. The van der Waals surface area contributed by atoms with Crippen LogP contribution >= 0.6 is 11.6 Å². The van der Waals surface area contributed by atoms with Crippen LogP contribution in [0.15, 0.2) is 42.5 Å². The molecule has 2 rings (SSSR count). The van der Waals surface area contributed by atoms with Crippen molar-refractivity contribution in [2.75, 3.05) is 5.32 Å². The molecule has 1 amide bonds. The Morgan fingerprint density at radius 3 is 2.53 bits per heavy atom. The second-order valence-corrected chi connectivity index (χ2v) is 4.56. The van der Waals surface area contributed by atoms with Gasteiger partial charge >= 0.3 is 0 Å². The third-order valence-electron chi connectivity index (χ3n) is 2.66. The number of carbonyl (C=O) groups excluding carboxylic acids is 1. The van der Waals surface area contributed by atoms with Crippen molar-refractivity contribution in [3.63, 3.8) is 0 Å². The van der Waals surface area contributed by atoms with E-state index in [0.29, 0.717) is 21.8 Å². The van der Waals surface area contributed by atoms with Crippen molar-refractivity contribution in [1.29, 1.82) is 5.26 Å². The zero-order valence-electron chi connectivity index (χ0n) is 10.3. The molecule has 0 spiro atoms. The van der Waals surface area contributed by atoms with Crippen LogP contribution in [0.5, 0.6) is 0 Å². The summed E-state index contributed by atoms with van der Waals surface area (Å²) in [4.78, 5) is 12.0. The van der Waals surface area contributed by atoms with Crippen molar-refractivity contribution in [1.82, 2.24) is 0 Å². The molecule has 4 heteroatoms. The molecule has 94 valence electrons. The van der Waals surface area contributed by atoms with Gasteiger partial charge in [0.25, 0.3) is 5.91 Å². The number of aryl methyl sites for hydroxylation is 1. The van der Waals surface area contributed by atoms with Crippen LogP contribution in [0.25, 0.3) is 0 Å². The lowest BCUT2D eigenvalue weighted by molar-refractivity contribution is 0.102. The van der Waals surface area contributed by atoms with Gasteiger partial charge in [0, 0.05) is 10.6 Å². The molecular formula is C15H11ClN2O. The first-order valence-electron chi connectivity index (χ1n) is 5.68. The van der Waals surface area contributed by atoms with Gasteiger partial charge in [0.05, 0.1) is 11.3 Å². The fourth-order valence-corrected chi connectivity index (χ4v) is 1.79. The second kappa shape index (κ2) is 5.55. The first kappa shape index (κ1) is 13.1. The molecule has 0 saturated heterocycles. The van der Waals surface area contributed by atoms with Crippen LogP contribution in [0, 0.1) is 18.3 Å². The van der Waals surface area contributed by atoms with Gasteiger partial charge in [0.2, 0.25) is 0 Å². The van der Waals surface area contributed by atoms with Crippen molar-refractivity contribution in [3.8, 4) is 6.07 Å². The van der Waals surface area contributed by atoms with Crippen molar-refractivity contribution in [2.24, 2.45) is 0 Å². The van der Waals surface area contributed by atoms with Crippen LogP contribution in [-0.4, -0.2) is 5.91 Å². The van der Waals surface area contributed by atoms with E-state index in [1.807, 2.05) is 25.1 Å². The van der Waals surface area contributed by atoms with E-state index in [-0.39, 0.29) is 5.91 Å². The third-order valence-corrected chi connectivity index (χ3v) is 2.90. The van der Waals surface area contributed by atoms with Crippen molar-refractivity contribution in [2.45, 2.75) is 6.92 Å². The first-order valence-corrected chi connectivity index (χ1v) is 6.05. The third kappa shape index (κ3) is 3.12. The number of hydrogen-bond acceptors (Lipinski definition) is 2. The van der Waals surface area contributed by atoms with Crippen molar-refractivity contribution < 1.29 is 4.79 Å². The normalized spacial score (nSPS) is 9.74. The Balaban J connectivity index is 2.26. The van der Waals surface area contributed by atoms with E-state index < -0.39 is 0 Å². The number of rotatable bonds is 2. The fraction of sp³-hybridized carbons (Fsp3) is 0.0667. The number of halogens is 1. The summed E-state index contributed by atoms with van der Waals surface area (Å²) in [6.45, 7) is 1.95. The molecule has 19 heavy (non-hydrogen) atoms. The minimum Gasteiger partial charge on any atom is -0.321 e. The molecule has 2 aromatic carbocycles. The Kier molecular flexibility index (Phi) is 3.84. The zero-order valence-corrected chi connectivity index (χ0v) is 11.0. The number of carbonyl (C=O) groups is 1. The van der Waals surface area contributed by atoms with Crippen LogP contribution in [0.3, 0.4) is 0 Å². The first-order chi connectivity index (χ1) is 9.10. The zero-order chi connectivity index (χ0) is 13.8. The highest BCUT2D eigenvalue weighted by Gasteiger charge is 2.09. The van der Waals surface area contributed by atoms with E-state index in [0.717, 1.165) is 5.56 Å². The Bertz CT molecular complexity index is 657. The highest BCUT2D eigenvalue weighted by atomic mass is 35.5. The molecular weight excluding hydrogens is 260 g/mol. The van der Waals surface area contributed by atoms with Crippen molar-refractivity contribution >= 4 is 23.2 Å². The van der Waals surface area contributed by atoms with Crippen LogP contribution in [0.1, 0.15) is 21.5 Å². The predicted molar refractivity (Wildman–Crippen MR) is 75.3 cm³/mol. The standard InChI is InChI=1S/C15H11ClN2O/c1-10-2-4-11(5-3-10)15(19)18-14-8-13(16)7-6-12(14)9-17/h2-8H,1H3,(H,18,19). The number of benzene rings is 2. The molecule has 0 heterocycles. The second-order valence-electron chi connectivity index (χ2n) is 4.12. The highest BCUT2D eigenvalue weighted by Crippen LogP contribution is 2.21. The summed E-state index contributed by atoms with van der Waals surface area (Å²) in [5.74, 6) is -0.265. The lowest BCUT2D eigenvalue weighted by Gasteiger charge is -2.07. The maximum absolute atomic E-state index is 12.0. The maximum atomic E-state index is 12.0. The summed E-state index contributed by atoms with van der Waals surface area (Å²) >= 11 is 5.86. The summed E-state index contributed by atoms with van der Waals surface area (Å²) in [6, 6.07) is 14.0. The summed E-state index contributed by atoms with van der Waals surface area (Å²) in [5.41, 5.74) is 2.41. The molecule has 0 fully saturated rings. The van der Waals surface area contributed by atoms with E-state index in [1.165, 1.54) is 0 Å². The van der Waals surface area contributed by atoms with E-state index in [1.54, 1.807) is 30.3 Å². The molecule has 0 bridgehead atoms. The molecule has 0 atom stereocenters. The Morgan fingerprint density at radius 1 is 1.21 bits per heavy atom. The topological polar surface area (TPSA) is 52.9 Å². The van der Waals surface area contributed by atoms with Gasteiger partial charge in [-0.15, -0.1) is 0 Å². The average Bonchev–Trinajstić information content (AvgIpc) is 2.39. The van der Waals surface area contributed by atoms with E-state index in [4.69, 9.17) is 16.9 Å². The average molecular weight is 271 g/mol. The van der Waals surface area contributed by atoms with Gasteiger partial charge in [0.15, 0.2) is 0 Å². The number of nitrogens with zero attached hydrogens (tertiary/aromatic N) is 1. The molecule has 0 saturated carbocycles. The molecule has 0 aliphatic heterocycles. The summed E-state index contributed by atoms with van der Waals surface area (Å²) < 4.78 is 0. The summed E-state index contributed by atoms with van der Waals surface area (Å²) in [7, 11) is 0. The summed E-state index contributed by atoms with van der Waals surface area (Å²) in [6.07, 6.45) is 0. The molecule has 0 aliphatic carbocycles. The van der Waals surface area contributed by atoms with Gasteiger partial charge in [0.1, 0.15) is 6.07 Å². The summed E-state index contributed by atoms with van der Waals surface area (Å²) in [5, 5.41) is 12.1. The molecule has 0 aliphatic rings. The Hall–Kier alpha value is -2.31. The Labute approximate surface area is 116 Å². The van der Waals surface area contributed by atoms with Crippen LogP contribution in [0.4, 0.5) is 5.69 Å². The van der Waals surface area contributed by atoms with Gasteiger partial charge in [-0.05, 0) is 37.3 Å². The number of anilines is 1. The lowest BCUT2D eigenvalue weighted by Crippen LogP contribution is -2.12. The number of nitriles is 1. The maximum Gasteiger partial charge on any atom is 0.255 e. The predicted octanol–water partition coefficient (Wildman–Crippen LogP) is 3.77. The van der Waals surface area contributed by atoms with E-state index in [9.17, 15) is 4.79 Å². The fourth-order valence-electron chi connectivity index (χ4n) is 1.62. The smallest absolute Gasteiger partial charge is 0.255 e. The molecule has 3 nitrogen and oxygen atoms in total.